The fourth-order valence-corrected chi connectivity index (χ4v) is 2.58. The molecule has 29 heavy (non-hydrogen) atoms. The summed E-state index contributed by atoms with van der Waals surface area (Å²) in [6, 6.07) is 1.28. The molecule has 3 rings (SSSR count). The van der Waals surface area contributed by atoms with E-state index in [1.165, 1.54) is 19.4 Å². The molecule has 0 saturated carbocycles. The number of nitrogen functional groups attached to an aromatic ring is 1. The maximum atomic E-state index is 12.7. The molecule has 0 bridgehead atoms. The number of hydrogen-bond acceptors (Lipinski definition) is 6. The highest BCUT2D eigenvalue weighted by atomic mass is 19.4. The zero-order valence-corrected chi connectivity index (χ0v) is 15.3. The van der Waals surface area contributed by atoms with E-state index in [4.69, 9.17) is 5.73 Å². The van der Waals surface area contributed by atoms with Gasteiger partial charge in [-0.15, -0.1) is 0 Å². The Morgan fingerprint density at radius 2 is 1.93 bits per heavy atom. The van der Waals surface area contributed by atoms with E-state index in [0.717, 1.165) is 17.0 Å². The first kappa shape index (κ1) is 20.0. The summed E-state index contributed by atoms with van der Waals surface area (Å²) < 4.78 is 38.0. The van der Waals surface area contributed by atoms with E-state index in [9.17, 15) is 22.8 Å². The Kier molecular flexibility index (Phi) is 5.10. The molecule has 0 unspecified atom stereocenters. The van der Waals surface area contributed by atoms with Crippen LogP contribution in [0.25, 0.3) is 10.9 Å². The van der Waals surface area contributed by atoms with Gasteiger partial charge in [0.15, 0.2) is 0 Å². The van der Waals surface area contributed by atoms with Crippen LogP contribution in [-0.2, 0) is 15.8 Å². The predicted molar refractivity (Wildman–Crippen MR) is 97.4 cm³/mol. The molecule has 2 amide bonds. The van der Waals surface area contributed by atoms with Crippen molar-refractivity contribution < 1.29 is 22.8 Å². The van der Waals surface area contributed by atoms with E-state index >= 15 is 0 Å². The van der Waals surface area contributed by atoms with Crippen molar-refractivity contribution in [1.29, 1.82) is 0 Å². The Balaban J connectivity index is 1.74. The molecule has 0 fully saturated rings. The van der Waals surface area contributed by atoms with Gasteiger partial charge in [-0.3, -0.25) is 19.7 Å². The Bertz CT molecular complexity index is 1060. The Hall–Kier alpha value is -3.70. The van der Waals surface area contributed by atoms with Crippen LogP contribution in [-0.4, -0.2) is 43.9 Å². The zero-order chi connectivity index (χ0) is 21.3. The van der Waals surface area contributed by atoms with Crippen LogP contribution in [0.2, 0.25) is 0 Å². The van der Waals surface area contributed by atoms with Crippen LogP contribution in [0.3, 0.4) is 0 Å². The van der Waals surface area contributed by atoms with Crippen LogP contribution in [0, 0.1) is 0 Å². The van der Waals surface area contributed by atoms with Crippen LogP contribution in [0.15, 0.2) is 30.7 Å². The zero-order valence-electron chi connectivity index (χ0n) is 15.3. The molecule has 3 aromatic heterocycles. The van der Waals surface area contributed by atoms with Gasteiger partial charge in [0.25, 0.3) is 0 Å². The molecule has 0 aliphatic rings. The smallest absolute Gasteiger partial charge is 0.383 e. The van der Waals surface area contributed by atoms with E-state index in [2.05, 4.69) is 25.5 Å². The lowest BCUT2D eigenvalue weighted by atomic mass is 10.1. The van der Waals surface area contributed by atoms with Gasteiger partial charge in [-0.2, -0.15) is 18.3 Å². The molecular formula is C17H16F3N7O2. The van der Waals surface area contributed by atoms with Crippen molar-refractivity contribution >= 4 is 34.2 Å². The average Bonchev–Trinajstić information content (AvgIpc) is 3.19. The number of anilines is 2. The second-order valence-electron chi connectivity index (χ2n) is 6.23. The third kappa shape index (κ3) is 3.95. The van der Waals surface area contributed by atoms with Gasteiger partial charge in [-0.1, -0.05) is 0 Å². The number of nitrogens with zero attached hydrogens (tertiary/aromatic N) is 4. The van der Waals surface area contributed by atoms with E-state index in [-0.39, 0.29) is 17.2 Å². The van der Waals surface area contributed by atoms with Crippen LogP contribution in [0.4, 0.5) is 24.7 Å². The maximum absolute atomic E-state index is 12.7. The van der Waals surface area contributed by atoms with E-state index in [1.807, 2.05) is 0 Å². The lowest BCUT2D eigenvalue weighted by Crippen LogP contribution is -2.38. The Morgan fingerprint density at radius 1 is 1.21 bits per heavy atom. The first-order valence-corrected chi connectivity index (χ1v) is 8.28. The molecule has 1 atom stereocenters. The number of aromatic nitrogens is 4. The fraction of sp³-hybridized carbons (Fsp3) is 0.235. The van der Waals surface area contributed by atoms with Gasteiger partial charge >= 0.3 is 18.0 Å². The summed E-state index contributed by atoms with van der Waals surface area (Å²) >= 11 is 0. The second-order valence-corrected chi connectivity index (χ2v) is 6.23. The summed E-state index contributed by atoms with van der Waals surface area (Å²) in [5, 5.41) is 9.38. The topological polar surface area (TPSA) is 130 Å². The molecule has 12 heteroatoms. The molecule has 4 N–H and O–H groups in total. The number of amides is 2. The first-order chi connectivity index (χ1) is 13.6. The molecule has 0 aliphatic carbocycles. The minimum absolute atomic E-state index is 0.201. The number of nitrogens with two attached hydrogens (primary N) is 1. The number of fused-ring (bicyclic) bond motifs is 1. The van der Waals surface area contributed by atoms with Gasteiger partial charge in [0.1, 0.15) is 5.82 Å². The second kappa shape index (κ2) is 7.37. The summed E-state index contributed by atoms with van der Waals surface area (Å²) in [4.78, 5) is 33.6. The molecule has 9 nitrogen and oxygen atoms in total. The number of carbonyl (C=O) groups is 2. The minimum Gasteiger partial charge on any atom is -0.383 e. The standard InChI is InChI=1S/C17H16F3N7O2/c1-8(11-4-3-9(5-22-11)17(18,19)20)27(2)16(29)15(28)25-12-7-23-14(21)10-6-24-26-13(10)12/h3-8H,1-2H3,(H2,21,23)(H,24,26)(H,25,28)/t8-/m0/s1. The predicted octanol–water partition coefficient (Wildman–Crippen LogP) is 2.11. The molecule has 152 valence electrons. The molecule has 0 spiro atoms. The number of likely N-dealkylation sites (N-methyl/N-ethyl adjacent to an activating group) is 1. The summed E-state index contributed by atoms with van der Waals surface area (Å²) in [5.74, 6) is -1.67. The van der Waals surface area contributed by atoms with E-state index in [1.54, 1.807) is 6.92 Å². The number of carbonyl (C=O) groups excluding carboxylic acids is 2. The van der Waals surface area contributed by atoms with Crippen LogP contribution >= 0.6 is 0 Å². The van der Waals surface area contributed by atoms with E-state index in [0.29, 0.717) is 17.1 Å². The molecule has 3 aromatic rings. The third-order valence-corrected chi connectivity index (χ3v) is 4.40. The number of alkyl halides is 3. The quantitative estimate of drug-likeness (QED) is 0.570. The third-order valence-electron chi connectivity index (χ3n) is 4.40. The number of hydrogen-bond donors (Lipinski definition) is 3. The number of halogens is 3. The van der Waals surface area contributed by atoms with E-state index < -0.39 is 29.6 Å². The normalized spacial score (nSPS) is 12.6. The van der Waals surface area contributed by atoms with Crippen molar-refractivity contribution in [2.24, 2.45) is 0 Å². The molecule has 0 aromatic carbocycles. The van der Waals surface area contributed by atoms with Crippen molar-refractivity contribution in [2.45, 2.75) is 19.1 Å². The highest BCUT2D eigenvalue weighted by molar-refractivity contribution is 6.40. The molecule has 0 saturated heterocycles. The van der Waals surface area contributed by atoms with Crippen molar-refractivity contribution in [3.8, 4) is 0 Å². The van der Waals surface area contributed by atoms with Gasteiger partial charge in [0.2, 0.25) is 0 Å². The summed E-state index contributed by atoms with van der Waals surface area (Å²) in [6.07, 6.45) is -1.12. The molecule has 3 heterocycles. The maximum Gasteiger partial charge on any atom is 0.417 e. The monoisotopic (exact) mass is 407 g/mol. The van der Waals surface area contributed by atoms with Crippen molar-refractivity contribution in [1.82, 2.24) is 25.1 Å². The summed E-state index contributed by atoms with van der Waals surface area (Å²) in [5.41, 5.74) is 5.62. The summed E-state index contributed by atoms with van der Waals surface area (Å²) in [7, 11) is 1.35. The largest absolute Gasteiger partial charge is 0.417 e. The number of pyridine rings is 2. The molecule has 0 aliphatic heterocycles. The number of rotatable bonds is 3. The number of nitrogens with one attached hydrogen (secondary N) is 2. The first-order valence-electron chi connectivity index (χ1n) is 8.28. The fourth-order valence-electron chi connectivity index (χ4n) is 2.58. The van der Waals surface area contributed by atoms with Crippen LogP contribution in [0.1, 0.15) is 24.2 Å². The highest BCUT2D eigenvalue weighted by Gasteiger charge is 2.31. The lowest BCUT2D eigenvalue weighted by Gasteiger charge is -2.24. The van der Waals surface area contributed by atoms with Crippen LogP contribution < -0.4 is 11.1 Å². The van der Waals surface area contributed by atoms with Gasteiger partial charge in [-0.25, -0.2) is 4.98 Å². The minimum atomic E-state index is -4.51. The van der Waals surface area contributed by atoms with Crippen molar-refractivity contribution in [2.75, 3.05) is 18.1 Å². The molecule has 0 radical (unpaired) electrons. The highest BCUT2D eigenvalue weighted by Crippen LogP contribution is 2.29. The Labute approximate surface area is 162 Å². The van der Waals surface area contributed by atoms with Gasteiger partial charge in [-0.05, 0) is 19.1 Å². The number of aromatic amines is 1. The molecular weight excluding hydrogens is 391 g/mol. The van der Waals surface area contributed by atoms with Crippen molar-refractivity contribution in [3.05, 3.63) is 42.0 Å². The SMILES string of the molecule is C[C@@H](c1ccc(C(F)(F)F)cn1)N(C)C(=O)C(=O)Nc1cnc(N)c2cn[nH]c12. The lowest BCUT2D eigenvalue weighted by molar-refractivity contribution is -0.143. The van der Waals surface area contributed by atoms with Crippen molar-refractivity contribution in [3.63, 3.8) is 0 Å². The van der Waals surface area contributed by atoms with Gasteiger partial charge in [0.05, 0.1) is 46.3 Å². The van der Waals surface area contributed by atoms with Gasteiger partial charge in [0, 0.05) is 13.2 Å². The summed E-state index contributed by atoms with van der Waals surface area (Å²) in [6.45, 7) is 1.54. The van der Waals surface area contributed by atoms with Crippen LogP contribution in [0.5, 0.6) is 0 Å². The Morgan fingerprint density at radius 3 is 2.55 bits per heavy atom. The van der Waals surface area contributed by atoms with Gasteiger partial charge < -0.3 is 16.0 Å². The average molecular weight is 407 g/mol. The number of H-pyrrole nitrogens is 1.